The molecule has 0 fully saturated rings. The Balaban J connectivity index is 1.62. The Hall–Kier alpha value is -4.01. The van der Waals surface area contributed by atoms with Gasteiger partial charge in [-0.1, -0.05) is 44.5 Å². The Bertz CT molecular complexity index is 1470. The minimum Gasteiger partial charge on any atom is -0.334 e. The number of aliphatic imine (C=N–C) groups is 1. The van der Waals surface area contributed by atoms with Crippen molar-refractivity contribution in [2.24, 2.45) is 4.99 Å². The predicted molar refractivity (Wildman–Crippen MR) is 145 cm³/mol. The summed E-state index contributed by atoms with van der Waals surface area (Å²) in [6.45, 7) is 7.80. The predicted octanol–water partition coefficient (Wildman–Crippen LogP) is 4.61. The van der Waals surface area contributed by atoms with E-state index in [4.69, 9.17) is 0 Å². The van der Waals surface area contributed by atoms with Gasteiger partial charge < -0.3 is 4.57 Å². The maximum Gasteiger partial charge on any atom is 0.334 e. The second kappa shape index (κ2) is 10.5. The highest BCUT2D eigenvalue weighted by Crippen LogP contribution is 2.35. The average molecular weight is 499 g/mol. The molecule has 1 aliphatic rings. The van der Waals surface area contributed by atoms with Crippen molar-refractivity contribution in [3.63, 3.8) is 0 Å². The van der Waals surface area contributed by atoms with E-state index in [9.17, 15) is 4.79 Å². The minimum absolute atomic E-state index is 0.00358. The molecule has 4 heterocycles. The summed E-state index contributed by atoms with van der Waals surface area (Å²) in [4.78, 5) is 18.4. The zero-order valence-electron chi connectivity index (χ0n) is 21.8. The van der Waals surface area contributed by atoms with E-state index >= 15 is 0 Å². The van der Waals surface area contributed by atoms with E-state index in [-0.39, 0.29) is 5.69 Å². The van der Waals surface area contributed by atoms with Gasteiger partial charge >= 0.3 is 5.69 Å². The number of unbranched alkanes of at least 4 members (excludes halogenated alkanes) is 1. The van der Waals surface area contributed by atoms with Crippen LogP contribution in [-0.4, -0.2) is 40.5 Å². The third-order valence-electron chi connectivity index (χ3n) is 7.21. The van der Waals surface area contributed by atoms with Gasteiger partial charge in [-0.25, -0.2) is 9.89 Å². The van der Waals surface area contributed by atoms with Crippen molar-refractivity contribution >= 4 is 6.21 Å². The minimum atomic E-state index is -0.428. The van der Waals surface area contributed by atoms with Gasteiger partial charge in [0.2, 0.25) is 0 Å². The monoisotopic (exact) mass is 498 g/mol. The highest BCUT2D eigenvalue weighted by molar-refractivity contribution is 5.65. The fraction of sp³-hybridized carbons (Fsp3) is 0.393. The van der Waals surface area contributed by atoms with Crippen LogP contribution in [-0.2, 0) is 24.9 Å². The van der Waals surface area contributed by atoms with Crippen LogP contribution < -0.4 is 5.69 Å². The molecule has 0 bridgehead atoms. The molecule has 0 saturated heterocycles. The van der Waals surface area contributed by atoms with Crippen LogP contribution in [0.15, 0.2) is 64.8 Å². The van der Waals surface area contributed by atoms with E-state index in [2.05, 4.69) is 87.6 Å². The number of hydrogen-bond donors (Lipinski definition) is 1. The summed E-state index contributed by atoms with van der Waals surface area (Å²) in [5.41, 5.74) is 3.72. The van der Waals surface area contributed by atoms with Crippen molar-refractivity contribution in [2.45, 2.75) is 71.4 Å². The van der Waals surface area contributed by atoms with E-state index < -0.39 is 5.41 Å². The van der Waals surface area contributed by atoms with Crippen molar-refractivity contribution in [1.29, 1.82) is 0 Å². The fourth-order valence-corrected chi connectivity index (χ4v) is 5.22. The highest BCUT2D eigenvalue weighted by atomic mass is 16.1. The number of aromatic amines is 1. The fourth-order valence-electron chi connectivity index (χ4n) is 5.22. The van der Waals surface area contributed by atoms with Gasteiger partial charge in [0.15, 0.2) is 5.82 Å². The first kappa shape index (κ1) is 24.7. The maximum atomic E-state index is 14.1. The summed E-state index contributed by atoms with van der Waals surface area (Å²) >= 11 is 0. The number of allylic oxidation sites excluding steroid dienone is 1. The lowest BCUT2D eigenvalue weighted by atomic mass is 9.76. The highest BCUT2D eigenvalue weighted by Gasteiger charge is 2.33. The quantitative estimate of drug-likeness (QED) is 0.345. The van der Waals surface area contributed by atoms with Gasteiger partial charge in [0.1, 0.15) is 5.82 Å². The van der Waals surface area contributed by atoms with Crippen molar-refractivity contribution in [1.82, 2.24) is 34.3 Å². The Morgan fingerprint density at radius 2 is 2.05 bits per heavy atom. The summed E-state index contributed by atoms with van der Waals surface area (Å²) in [5.74, 6) is 1.57. The molecule has 4 aromatic rings. The summed E-state index contributed by atoms with van der Waals surface area (Å²) in [5, 5.41) is 14.4. The molecule has 5 rings (SSSR count). The van der Waals surface area contributed by atoms with Crippen LogP contribution >= 0.6 is 0 Å². The number of tetrazole rings is 1. The molecule has 1 atom stereocenters. The van der Waals surface area contributed by atoms with Gasteiger partial charge in [-0.3, -0.25) is 14.1 Å². The molecule has 9 nitrogen and oxygen atoms in total. The molecule has 3 aromatic heterocycles. The molecule has 192 valence electrons. The zero-order chi connectivity index (χ0) is 25.8. The number of aromatic nitrogens is 7. The van der Waals surface area contributed by atoms with Crippen LogP contribution in [0.4, 0.5) is 0 Å². The van der Waals surface area contributed by atoms with Crippen molar-refractivity contribution in [3.8, 4) is 17.2 Å². The molecule has 0 saturated carbocycles. The number of nitrogens with zero attached hydrogens (tertiary/aromatic N) is 7. The third-order valence-corrected chi connectivity index (χ3v) is 7.21. The van der Waals surface area contributed by atoms with Crippen LogP contribution in [0.5, 0.6) is 0 Å². The molecule has 1 aliphatic heterocycles. The van der Waals surface area contributed by atoms with Crippen LogP contribution in [0, 0.1) is 6.92 Å². The average Bonchev–Trinajstić information content (AvgIpc) is 3.65. The van der Waals surface area contributed by atoms with E-state index in [1.54, 1.807) is 0 Å². The molecule has 1 aromatic carbocycles. The standard InChI is InChI=1S/C28H34N8O/c1-4-6-10-24-19-35(26-21(3)11-17-34(26)16-5-2)27(37)36(24)20-28(12-14-29-15-13-28)23-9-7-8-22(18-23)25-30-32-33-31-25/h7-9,11-12,14-15,17-19H,4-6,10,13,16,20H2,1-3H3,(H,30,31,32,33). The lowest BCUT2D eigenvalue weighted by molar-refractivity contribution is 0.438. The second-order valence-corrected chi connectivity index (χ2v) is 9.82. The Morgan fingerprint density at radius 1 is 1.16 bits per heavy atom. The van der Waals surface area contributed by atoms with Gasteiger partial charge in [-0.15, -0.1) is 5.10 Å². The van der Waals surface area contributed by atoms with Crippen LogP contribution in [0.2, 0.25) is 0 Å². The first-order chi connectivity index (χ1) is 18.1. The number of imidazole rings is 1. The Labute approximate surface area is 216 Å². The first-order valence-electron chi connectivity index (χ1n) is 13.1. The molecule has 1 N–H and O–H groups in total. The molecule has 0 spiro atoms. The largest absolute Gasteiger partial charge is 0.334 e. The summed E-state index contributed by atoms with van der Waals surface area (Å²) in [6.07, 6.45) is 14.7. The van der Waals surface area contributed by atoms with Crippen molar-refractivity contribution < 1.29 is 0 Å². The number of benzene rings is 1. The number of aryl methyl sites for hydroxylation is 3. The second-order valence-electron chi connectivity index (χ2n) is 9.82. The summed E-state index contributed by atoms with van der Waals surface area (Å²) < 4.78 is 6.01. The van der Waals surface area contributed by atoms with Gasteiger partial charge in [0.25, 0.3) is 0 Å². The molecule has 0 amide bonds. The lowest BCUT2D eigenvalue weighted by Gasteiger charge is -2.32. The van der Waals surface area contributed by atoms with Crippen molar-refractivity contribution in [3.05, 3.63) is 82.3 Å². The van der Waals surface area contributed by atoms with Crippen LogP contribution in [0.3, 0.4) is 0 Å². The van der Waals surface area contributed by atoms with Gasteiger partial charge in [-0.2, -0.15) is 0 Å². The first-order valence-corrected chi connectivity index (χ1v) is 13.1. The summed E-state index contributed by atoms with van der Waals surface area (Å²) in [6, 6.07) is 10.3. The van der Waals surface area contributed by atoms with E-state index in [1.165, 1.54) is 0 Å². The SMILES string of the molecule is CCCCc1cn(-c2c(C)ccn2CCC)c(=O)n1CC1(c2cccc(-c3nnn[nH]3)c2)C=CN=CC1. The number of nitrogens with one attached hydrogen (secondary N) is 1. The molecule has 9 heteroatoms. The molecular formula is C28H34N8O. The van der Waals surface area contributed by atoms with Crippen LogP contribution in [0.25, 0.3) is 17.2 Å². The lowest BCUT2D eigenvalue weighted by Crippen LogP contribution is -2.37. The van der Waals surface area contributed by atoms with Crippen LogP contribution in [0.1, 0.15) is 56.4 Å². The molecule has 37 heavy (non-hydrogen) atoms. The van der Waals surface area contributed by atoms with Gasteiger partial charge in [-0.05, 0) is 66.3 Å². The van der Waals surface area contributed by atoms with E-state index in [0.29, 0.717) is 18.8 Å². The molecular weight excluding hydrogens is 464 g/mol. The molecule has 0 aliphatic carbocycles. The Kier molecular flexibility index (Phi) is 7.03. The molecule has 1 unspecified atom stereocenters. The zero-order valence-corrected chi connectivity index (χ0v) is 21.8. The Morgan fingerprint density at radius 3 is 2.78 bits per heavy atom. The topological polar surface area (TPSA) is 98.7 Å². The van der Waals surface area contributed by atoms with E-state index in [0.717, 1.165) is 60.4 Å². The van der Waals surface area contributed by atoms with Gasteiger partial charge in [0, 0.05) is 54.6 Å². The maximum absolute atomic E-state index is 14.1. The molecule has 0 radical (unpaired) electrons. The number of rotatable bonds is 10. The van der Waals surface area contributed by atoms with E-state index in [1.807, 2.05) is 33.7 Å². The van der Waals surface area contributed by atoms with Gasteiger partial charge in [0.05, 0.1) is 0 Å². The third kappa shape index (κ3) is 4.73. The summed E-state index contributed by atoms with van der Waals surface area (Å²) in [7, 11) is 0. The number of H-pyrrole nitrogens is 1. The normalized spacial score (nSPS) is 17.1. The number of hydrogen-bond acceptors (Lipinski definition) is 5. The van der Waals surface area contributed by atoms with Crippen molar-refractivity contribution in [2.75, 3.05) is 0 Å². The smallest absolute Gasteiger partial charge is 0.334 e.